The Kier molecular flexibility index (Phi) is 4.86. The average Bonchev–Trinajstić information content (AvgIpc) is 2.59. The summed E-state index contributed by atoms with van der Waals surface area (Å²) < 4.78 is 0. The Hall–Kier alpha value is -2.01. The van der Waals surface area contributed by atoms with Crippen LogP contribution in [0.15, 0.2) is 82.6 Å². The molecule has 4 heteroatoms. The van der Waals surface area contributed by atoms with E-state index in [0.717, 1.165) is 17.9 Å². The molecule has 0 aliphatic heterocycles. The first-order valence-corrected chi connectivity index (χ1v) is 8.39. The molecule has 0 bridgehead atoms. The van der Waals surface area contributed by atoms with E-state index in [0.29, 0.717) is 0 Å². The molecular weight excluding hydrogens is 304 g/mol. The molecule has 23 heavy (non-hydrogen) atoms. The van der Waals surface area contributed by atoms with Crippen molar-refractivity contribution in [2.45, 2.75) is 23.5 Å². The Morgan fingerprint density at radius 3 is 2.48 bits per heavy atom. The van der Waals surface area contributed by atoms with Crippen LogP contribution in [0.3, 0.4) is 0 Å². The summed E-state index contributed by atoms with van der Waals surface area (Å²) in [5.74, 6) is 0.286. The van der Waals surface area contributed by atoms with E-state index in [1.807, 2.05) is 36.4 Å². The van der Waals surface area contributed by atoms with Gasteiger partial charge in [0, 0.05) is 22.8 Å². The molecule has 2 aromatic carbocycles. The SMILES string of the molecule is NC1(NCc2ccccc2)C=CC(Sc2ccc(O)cc2)=CC1. The van der Waals surface area contributed by atoms with Gasteiger partial charge in [-0.1, -0.05) is 48.2 Å². The Bertz CT molecular complexity index is 710. The predicted molar refractivity (Wildman–Crippen MR) is 96.0 cm³/mol. The van der Waals surface area contributed by atoms with Crippen LogP contribution in [0, 0.1) is 0 Å². The van der Waals surface area contributed by atoms with Crippen LogP contribution in [-0.2, 0) is 6.54 Å². The van der Waals surface area contributed by atoms with E-state index < -0.39 is 5.66 Å². The first-order valence-electron chi connectivity index (χ1n) is 7.57. The molecule has 1 aliphatic rings. The molecule has 3 nitrogen and oxygen atoms in total. The van der Waals surface area contributed by atoms with E-state index in [-0.39, 0.29) is 5.75 Å². The Balaban J connectivity index is 1.57. The summed E-state index contributed by atoms with van der Waals surface area (Å²) in [7, 11) is 0. The molecule has 1 aliphatic carbocycles. The summed E-state index contributed by atoms with van der Waals surface area (Å²) in [5.41, 5.74) is 7.11. The van der Waals surface area contributed by atoms with Crippen LogP contribution in [0.2, 0.25) is 0 Å². The maximum absolute atomic E-state index is 9.32. The standard InChI is InChI=1S/C19H20N2OS/c20-19(21-14-15-4-2-1-3-5-15)12-10-18(11-13-19)23-17-8-6-16(22)7-9-17/h1-12,21-22H,13-14,20H2. The average molecular weight is 324 g/mol. The fraction of sp³-hybridized carbons (Fsp3) is 0.158. The van der Waals surface area contributed by atoms with Crippen molar-refractivity contribution in [1.82, 2.24) is 5.32 Å². The Labute approximate surface area is 140 Å². The van der Waals surface area contributed by atoms with Gasteiger partial charge in [-0.3, -0.25) is 5.32 Å². The van der Waals surface area contributed by atoms with Gasteiger partial charge in [-0.2, -0.15) is 0 Å². The van der Waals surface area contributed by atoms with Crippen molar-refractivity contribution in [3.8, 4) is 5.75 Å². The van der Waals surface area contributed by atoms with E-state index in [1.165, 1.54) is 10.5 Å². The minimum Gasteiger partial charge on any atom is -0.508 e. The smallest absolute Gasteiger partial charge is 0.115 e. The van der Waals surface area contributed by atoms with Gasteiger partial charge in [-0.05, 0) is 42.0 Å². The molecule has 2 aromatic rings. The Morgan fingerprint density at radius 1 is 1.09 bits per heavy atom. The maximum Gasteiger partial charge on any atom is 0.115 e. The van der Waals surface area contributed by atoms with E-state index in [1.54, 1.807) is 23.9 Å². The molecule has 0 spiro atoms. The highest BCUT2D eigenvalue weighted by molar-refractivity contribution is 8.03. The number of hydrogen-bond donors (Lipinski definition) is 3. The lowest BCUT2D eigenvalue weighted by atomic mass is 10.0. The molecule has 118 valence electrons. The van der Waals surface area contributed by atoms with Crippen LogP contribution in [0.4, 0.5) is 0 Å². The number of thioether (sulfide) groups is 1. The van der Waals surface area contributed by atoms with Gasteiger partial charge < -0.3 is 10.8 Å². The lowest BCUT2D eigenvalue weighted by Gasteiger charge is -2.29. The van der Waals surface area contributed by atoms with Crippen molar-refractivity contribution < 1.29 is 5.11 Å². The third-order valence-electron chi connectivity index (χ3n) is 3.72. The lowest BCUT2D eigenvalue weighted by molar-refractivity contribution is 0.413. The van der Waals surface area contributed by atoms with Crippen molar-refractivity contribution >= 4 is 11.8 Å². The van der Waals surface area contributed by atoms with E-state index in [9.17, 15) is 5.11 Å². The highest BCUT2D eigenvalue weighted by Crippen LogP contribution is 2.32. The first kappa shape index (κ1) is 15.9. The lowest BCUT2D eigenvalue weighted by Crippen LogP contribution is -2.51. The van der Waals surface area contributed by atoms with Crippen molar-refractivity contribution in [2.75, 3.05) is 0 Å². The van der Waals surface area contributed by atoms with Gasteiger partial charge in [0.2, 0.25) is 0 Å². The molecule has 0 radical (unpaired) electrons. The van der Waals surface area contributed by atoms with Gasteiger partial charge in [0.05, 0.1) is 5.66 Å². The normalized spacial score (nSPS) is 20.3. The monoisotopic (exact) mass is 324 g/mol. The minimum absolute atomic E-state index is 0.286. The summed E-state index contributed by atoms with van der Waals surface area (Å²) in [4.78, 5) is 2.26. The number of benzene rings is 2. The molecule has 0 amide bonds. The highest BCUT2D eigenvalue weighted by atomic mass is 32.2. The zero-order chi connectivity index (χ0) is 16.1. The topological polar surface area (TPSA) is 58.3 Å². The molecule has 3 rings (SSSR count). The quantitative estimate of drug-likeness (QED) is 0.733. The van der Waals surface area contributed by atoms with Crippen LogP contribution in [0.1, 0.15) is 12.0 Å². The molecule has 1 unspecified atom stereocenters. The minimum atomic E-state index is -0.505. The number of allylic oxidation sites excluding steroid dienone is 1. The van der Waals surface area contributed by atoms with Crippen molar-refractivity contribution in [1.29, 1.82) is 0 Å². The fourth-order valence-electron chi connectivity index (χ4n) is 2.36. The summed E-state index contributed by atoms with van der Waals surface area (Å²) in [6.07, 6.45) is 6.98. The summed E-state index contributed by atoms with van der Waals surface area (Å²) >= 11 is 1.67. The predicted octanol–water partition coefficient (Wildman–Crippen LogP) is 3.77. The number of nitrogens with two attached hydrogens (primary N) is 1. The number of aromatic hydroxyl groups is 1. The molecule has 4 N–H and O–H groups in total. The van der Waals surface area contributed by atoms with E-state index in [4.69, 9.17) is 5.73 Å². The van der Waals surface area contributed by atoms with Crippen LogP contribution in [0.25, 0.3) is 0 Å². The number of nitrogens with one attached hydrogen (secondary N) is 1. The molecule has 0 fully saturated rings. The van der Waals surface area contributed by atoms with Crippen LogP contribution >= 0.6 is 11.8 Å². The second kappa shape index (κ2) is 7.04. The van der Waals surface area contributed by atoms with Crippen LogP contribution < -0.4 is 11.1 Å². The number of phenols is 1. The fourth-order valence-corrected chi connectivity index (χ4v) is 3.20. The molecular formula is C19H20N2OS. The summed E-state index contributed by atoms with van der Waals surface area (Å²) in [6, 6.07) is 17.5. The molecule has 0 aromatic heterocycles. The van der Waals surface area contributed by atoms with Crippen LogP contribution in [-0.4, -0.2) is 10.8 Å². The van der Waals surface area contributed by atoms with Gasteiger partial charge in [0.15, 0.2) is 0 Å². The number of rotatable bonds is 5. The highest BCUT2D eigenvalue weighted by Gasteiger charge is 2.22. The zero-order valence-corrected chi connectivity index (χ0v) is 13.6. The number of hydrogen-bond acceptors (Lipinski definition) is 4. The van der Waals surface area contributed by atoms with Gasteiger partial charge in [-0.15, -0.1) is 0 Å². The van der Waals surface area contributed by atoms with Gasteiger partial charge in [-0.25, -0.2) is 0 Å². The molecule has 1 atom stereocenters. The van der Waals surface area contributed by atoms with Crippen molar-refractivity contribution in [2.24, 2.45) is 5.73 Å². The zero-order valence-electron chi connectivity index (χ0n) is 12.8. The largest absolute Gasteiger partial charge is 0.508 e. The molecule has 0 saturated heterocycles. The first-order chi connectivity index (χ1) is 11.1. The van der Waals surface area contributed by atoms with E-state index in [2.05, 4.69) is 29.6 Å². The summed E-state index contributed by atoms with van der Waals surface area (Å²) in [6.45, 7) is 0.746. The van der Waals surface area contributed by atoms with Crippen molar-refractivity contribution in [3.63, 3.8) is 0 Å². The second-order valence-electron chi connectivity index (χ2n) is 5.62. The van der Waals surface area contributed by atoms with Gasteiger partial charge >= 0.3 is 0 Å². The molecule has 0 heterocycles. The van der Waals surface area contributed by atoms with Crippen LogP contribution in [0.5, 0.6) is 5.75 Å². The summed E-state index contributed by atoms with van der Waals surface area (Å²) in [5, 5.41) is 12.7. The third-order valence-corrected chi connectivity index (χ3v) is 4.77. The second-order valence-corrected chi connectivity index (χ2v) is 6.77. The number of phenolic OH excluding ortho intramolecular Hbond substituents is 1. The molecule has 0 saturated carbocycles. The van der Waals surface area contributed by atoms with Gasteiger partial charge in [0.25, 0.3) is 0 Å². The maximum atomic E-state index is 9.32. The van der Waals surface area contributed by atoms with Crippen molar-refractivity contribution in [3.05, 3.63) is 83.3 Å². The van der Waals surface area contributed by atoms with E-state index >= 15 is 0 Å². The Morgan fingerprint density at radius 2 is 1.83 bits per heavy atom. The third kappa shape index (κ3) is 4.48. The van der Waals surface area contributed by atoms with Gasteiger partial charge in [0.1, 0.15) is 5.75 Å².